The zero-order chi connectivity index (χ0) is 27.5. The van der Waals surface area contributed by atoms with E-state index in [4.69, 9.17) is 20.4 Å². The lowest BCUT2D eigenvalue weighted by Crippen LogP contribution is -2.04. The molecule has 0 unspecified atom stereocenters. The second-order valence-electron chi connectivity index (χ2n) is 9.20. The molecule has 0 amide bonds. The fraction of sp³-hybridized carbons (Fsp3) is 0.0625. The summed E-state index contributed by atoms with van der Waals surface area (Å²) in [6, 6.07) is 33.2. The van der Waals surface area contributed by atoms with Crippen LogP contribution in [0.15, 0.2) is 109 Å². The predicted octanol–water partition coefficient (Wildman–Crippen LogP) is 6.13. The molecule has 40 heavy (non-hydrogen) atoms. The van der Waals surface area contributed by atoms with Crippen LogP contribution in [0.25, 0.3) is 39.5 Å². The fourth-order valence-corrected chi connectivity index (χ4v) is 4.57. The van der Waals surface area contributed by atoms with Crippen molar-refractivity contribution in [1.82, 2.24) is 19.5 Å². The number of hydrogen-bond donors (Lipinski definition) is 2. The topological polar surface area (TPSA) is 108 Å². The Morgan fingerprint density at radius 3 is 2.38 bits per heavy atom. The first-order valence-corrected chi connectivity index (χ1v) is 12.8. The highest BCUT2D eigenvalue weighted by atomic mass is 16.5. The van der Waals surface area contributed by atoms with Gasteiger partial charge in [-0.3, -0.25) is 4.57 Å². The highest BCUT2D eigenvalue weighted by Gasteiger charge is 2.18. The first kappa shape index (κ1) is 24.8. The van der Waals surface area contributed by atoms with Crippen molar-refractivity contribution >= 4 is 28.6 Å². The summed E-state index contributed by atoms with van der Waals surface area (Å²) >= 11 is 0. The molecule has 3 aromatic carbocycles. The smallest absolute Gasteiger partial charge is 0.337 e. The number of anilines is 2. The van der Waals surface area contributed by atoms with Gasteiger partial charge in [0.15, 0.2) is 11.5 Å². The molecule has 3 heterocycles. The largest absolute Gasteiger partial charge is 0.465 e. The van der Waals surface area contributed by atoms with Crippen molar-refractivity contribution in [2.45, 2.75) is 6.54 Å². The number of benzene rings is 3. The number of carbonyl (C=O) groups excluding carboxylic acids is 1. The summed E-state index contributed by atoms with van der Waals surface area (Å²) in [6.07, 6.45) is 1.67. The molecule has 0 aliphatic heterocycles. The standard InChI is InChI=1S/C32H26N6O2/c1-40-32(39)23-11-9-21(10-12-23)20-35-24-13-15-25(16-14-24)38-30(26-8-5-19-34-29(26)33)37-28-18-17-27(36-31(28)38)22-6-3-2-4-7-22/h2-19,35H,20H2,1H3,(H2,33,34). The van der Waals surface area contributed by atoms with Crippen molar-refractivity contribution in [3.05, 3.63) is 120 Å². The Hall–Kier alpha value is -5.50. The number of nitrogens with two attached hydrogens (primary N) is 1. The van der Waals surface area contributed by atoms with Gasteiger partial charge in [0.1, 0.15) is 11.3 Å². The van der Waals surface area contributed by atoms with Gasteiger partial charge in [-0.15, -0.1) is 0 Å². The van der Waals surface area contributed by atoms with E-state index in [0.717, 1.165) is 44.9 Å². The summed E-state index contributed by atoms with van der Waals surface area (Å²) in [6.45, 7) is 0.605. The van der Waals surface area contributed by atoms with E-state index in [0.29, 0.717) is 23.8 Å². The Kier molecular flexibility index (Phi) is 6.64. The molecular weight excluding hydrogens is 500 g/mol. The summed E-state index contributed by atoms with van der Waals surface area (Å²) in [5, 5.41) is 3.43. The molecule has 8 nitrogen and oxygen atoms in total. The molecule has 0 bridgehead atoms. The average Bonchev–Trinajstić information content (AvgIpc) is 3.39. The minimum absolute atomic E-state index is 0.347. The number of fused-ring (bicyclic) bond motifs is 1. The number of rotatable bonds is 7. The van der Waals surface area contributed by atoms with Crippen LogP contribution in [0.3, 0.4) is 0 Å². The molecule has 196 valence electrons. The number of esters is 1. The molecule has 3 aromatic heterocycles. The lowest BCUT2D eigenvalue weighted by atomic mass is 10.1. The Balaban J connectivity index is 1.35. The van der Waals surface area contributed by atoms with Crippen LogP contribution in [-0.4, -0.2) is 32.6 Å². The van der Waals surface area contributed by atoms with Crippen LogP contribution in [0.1, 0.15) is 15.9 Å². The van der Waals surface area contributed by atoms with Gasteiger partial charge in [-0.2, -0.15) is 0 Å². The van der Waals surface area contributed by atoms with E-state index in [9.17, 15) is 4.79 Å². The molecule has 8 heteroatoms. The normalized spacial score (nSPS) is 10.9. The van der Waals surface area contributed by atoms with E-state index >= 15 is 0 Å². The van der Waals surface area contributed by atoms with Crippen molar-refractivity contribution in [3.8, 4) is 28.3 Å². The van der Waals surface area contributed by atoms with Gasteiger partial charge >= 0.3 is 5.97 Å². The maximum atomic E-state index is 11.7. The molecular formula is C32H26N6O2. The molecule has 0 aliphatic rings. The Bertz CT molecular complexity index is 1800. The van der Waals surface area contributed by atoms with Gasteiger partial charge in [0.05, 0.1) is 23.9 Å². The van der Waals surface area contributed by atoms with Crippen molar-refractivity contribution in [2.24, 2.45) is 0 Å². The molecule has 0 fully saturated rings. The zero-order valence-electron chi connectivity index (χ0n) is 21.8. The molecule has 6 aromatic rings. The number of nitrogens with one attached hydrogen (secondary N) is 1. The van der Waals surface area contributed by atoms with Crippen LogP contribution in [0, 0.1) is 0 Å². The summed E-state index contributed by atoms with van der Waals surface area (Å²) < 4.78 is 6.79. The third kappa shape index (κ3) is 4.86. The SMILES string of the molecule is COC(=O)c1ccc(CNc2ccc(-n3c(-c4cccnc4N)nc4ccc(-c5ccccc5)nc43)cc2)cc1. The number of aromatic nitrogens is 4. The second kappa shape index (κ2) is 10.7. The van der Waals surface area contributed by atoms with Gasteiger partial charge in [-0.05, 0) is 66.2 Å². The molecule has 0 saturated heterocycles. The van der Waals surface area contributed by atoms with E-state index in [1.165, 1.54) is 7.11 Å². The maximum Gasteiger partial charge on any atom is 0.337 e. The fourth-order valence-electron chi connectivity index (χ4n) is 4.57. The summed E-state index contributed by atoms with van der Waals surface area (Å²) in [7, 11) is 1.38. The van der Waals surface area contributed by atoms with Crippen LogP contribution < -0.4 is 11.1 Å². The first-order valence-electron chi connectivity index (χ1n) is 12.8. The lowest BCUT2D eigenvalue weighted by molar-refractivity contribution is 0.0600. The summed E-state index contributed by atoms with van der Waals surface area (Å²) in [5.74, 6) is 0.725. The van der Waals surface area contributed by atoms with Crippen LogP contribution >= 0.6 is 0 Å². The van der Waals surface area contributed by atoms with Gasteiger partial charge in [-0.1, -0.05) is 42.5 Å². The summed E-state index contributed by atoms with van der Waals surface area (Å²) in [4.78, 5) is 25.9. The Morgan fingerprint density at radius 1 is 0.875 bits per heavy atom. The minimum Gasteiger partial charge on any atom is -0.465 e. The van der Waals surface area contributed by atoms with Crippen LogP contribution in [0.4, 0.5) is 11.5 Å². The number of nitrogen functional groups attached to an aromatic ring is 1. The molecule has 3 N–H and O–H groups in total. The van der Waals surface area contributed by atoms with E-state index in [-0.39, 0.29) is 5.97 Å². The van der Waals surface area contributed by atoms with Crippen molar-refractivity contribution in [1.29, 1.82) is 0 Å². The van der Waals surface area contributed by atoms with Crippen LogP contribution in [0.5, 0.6) is 0 Å². The van der Waals surface area contributed by atoms with Gasteiger partial charge in [-0.25, -0.2) is 19.7 Å². The van der Waals surface area contributed by atoms with Gasteiger partial charge in [0.2, 0.25) is 0 Å². The number of carbonyl (C=O) groups is 1. The van der Waals surface area contributed by atoms with Gasteiger partial charge in [0, 0.05) is 29.7 Å². The number of methoxy groups -OCH3 is 1. The predicted molar refractivity (Wildman–Crippen MR) is 157 cm³/mol. The zero-order valence-corrected chi connectivity index (χ0v) is 21.8. The van der Waals surface area contributed by atoms with Crippen molar-refractivity contribution < 1.29 is 9.53 Å². The molecule has 0 saturated carbocycles. The second-order valence-corrected chi connectivity index (χ2v) is 9.20. The molecule has 0 radical (unpaired) electrons. The lowest BCUT2D eigenvalue weighted by Gasteiger charge is -2.12. The van der Waals surface area contributed by atoms with E-state index in [2.05, 4.69) is 10.3 Å². The van der Waals surface area contributed by atoms with Crippen LogP contribution in [-0.2, 0) is 11.3 Å². The maximum absolute atomic E-state index is 11.7. The third-order valence-corrected chi connectivity index (χ3v) is 6.65. The minimum atomic E-state index is -0.347. The third-order valence-electron chi connectivity index (χ3n) is 6.65. The highest BCUT2D eigenvalue weighted by Crippen LogP contribution is 2.32. The molecule has 0 aliphatic carbocycles. The molecule has 6 rings (SSSR count). The number of nitrogens with zero attached hydrogens (tertiary/aromatic N) is 4. The Morgan fingerprint density at radius 2 is 1.65 bits per heavy atom. The summed E-state index contributed by atoms with van der Waals surface area (Å²) in [5.41, 5.74) is 13.8. The van der Waals surface area contributed by atoms with Crippen molar-refractivity contribution in [2.75, 3.05) is 18.2 Å². The number of pyridine rings is 2. The van der Waals surface area contributed by atoms with E-state index < -0.39 is 0 Å². The highest BCUT2D eigenvalue weighted by molar-refractivity contribution is 5.89. The number of ether oxygens (including phenoxy) is 1. The quantitative estimate of drug-likeness (QED) is 0.241. The van der Waals surface area contributed by atoms with E-state index in [1.807, 2.05) is 95.6 Å². The Labute approximate surface area is 231 Å². The van der Waals surface area contributed by atoms with Crippen molar-refractivity contribution in [3.63, 3.8) is 0 Å². The monoisotopic (exact) mass is 526 g/mol. The molecule has 0 atom stereocenters. The van der Waals surface area contributed by atoms with Gasteiger partial charge in [0.25, 0.3) is 0 Å². The van der Waals surface area contributed by atoms with Gasteiger partial charge < -0.3 is 15.8 Å². The van der Waals surface area contributed by atoms with Crippen LogP contribution in [0.2, 0.25) is 0 Å². The average molecular weight is 527 g/mol. The number of imidazole rings is 1. The molecule has 0 spiro atoms. The van der Waals surface area contributed by atoms with E-state index in [1.54, 1.807) is 18.3 Å². The number of hydrogen-bond acceptors (Lipinski definition) is 7. The first-order chi connectivity index (χ1) is 19.6.